The van der Waals surface area contributed by atoms with Gasteiger partial charge in [-0.3, -0.25) is 9.58 Å². The van der Waals surface area contributed by atoms with E-state index in [0.717, 1.165) is 38.3 Å². The van der Waals surface area contributed by atoms with Gasteiger partial charge in [-0.15, -0.1) is 0 Å². The second-order valence-corrected chi connectivity index (χ2v) is 4.42. The summed E-state index contributed by atoms with van der Waals surface area (Å²) in [4.78, 5) is 6.35. The number of aryl methyl sites for hydroxylation is 1. The molecule has 15 heavy (non-hydrogen) atoms. The van der Waals surface area contributed by atoms with E-state index in [2.05, 4.69) is 21.9 Å². The molecule has 2 rings (SSSR count). The van der Waals surface area contributed by atoms with Crippen LogP contribution < -0.4 is 0 Å². The molecular formula is C10H18N4O. The van der Waals surface area contributed by atoms with Crippen molar-refractivity contribution in [1.29, 1.82) is 0 Å². The van der Waals surface area contributed by atoms with Crippen molar-refractivity contribution in [3.8, 4) is 0 Å². The van der Waals surface area contributed by atoms with Crippen LogP contribution in [0.25, 0.3) is 0 Å². The Morgan fingerprint density at radius 2 is 2.27 bits per heavy atom. The third-order valence-corrected chi connectivity index (χ3v) is 2.92. The normalized spacial score (nSPS) is 20.2. The van der Waals surface area contributed by atoms with Crippen molar-refractivity contribution in [3.63, 3.8) is 0 Å². The molecule has 0 atom stereocenters. The Morgan fingerprint density at radius 3 is 2.80 bits per heavy atom. The smallest absolute Gasteiger partial charge is 0.140 e. The van der Waals surface area contributed by atoms with Gasteiger partial charge < -0.3 is 5.11 Å². The molecule has 1 N–H and O–H groups in total. The molecule has 0 amide bonds. The SMILES string of the molecule is CCCC1(O)CN(Cc2ncnn2C)C1. The molecule has 0 bridgehead atoms. The molecular weight excluding hydrogens is 192 g/mol. The highest BCUT2D eigenvalue weighted by atomic mass is 16.3. The minimum absolute atomic E-state index is 0.451. The maximum absolute atomic E-state index is 9.99. The molecule has 0 aliphatic carbocycles. The minimum atomic E-state index is -0.451. The molecule has 2 heterocycles. The largest absolute Gasteiger partial charge is 0.387 e. The van der Waals surface area contributed by atoms with Crippen molar-refractivity contribution >= 4 is 0 Å². The number of nitrogens with zero attached hydrogens (tertiary/aromatic N) is 4. The maximum Gasteiger partial charge on any atom is 0.140 e. The lowest BCUT2D eigenvalue weighted by Gasteiger charge is -2.46. The predicted molar refractivity (Wildman–Crippen MR) is 56.1 cm³/mol. The fourth-order valence-electron chi connectivity index (χ4n) is 2.18. The van der Waals surface area contributed by atoms with E-state index in [0.29, 0.717) is 0 Å². The van der Waals surface area contributed by atoms with E-state index < -0.39 is 5.60 Å². The molecule has 1 aromatic heterocycles. The van der Waals surface area contributed by atoms with E-state index in [4.69, 9.17) is 0 Å². The Hall–Kier alpha value is -0.940. The Labute approximate surface area is 89.7 Å². The Bertz CT molecular complexity index is 330. The average Bonchev–Trinajstić information content (AvgIpc) is 2.50. The molecule has 1 saturated heterocycles. The molecule has 5 heteroatoms. The van der Waals surface area contributed by atoms with Gasteiger partial charge >= 0.3 is 0 Å². The highest BCUT2D eigenvalue weighted by molar-refractivity contribution is 4.97. The first kappa shape index (κ1) is 10.6. The van der Waals surface area contributed by atoms with Crippen molar-refractivity contribution in [3.05, 3.63) is 12.2 Å². The van der Waals surface area contributed by atoms with E-state index in [9.17, 15) is 5.11 Å². The van der Waals surface area contributed by atoms with E-state index in [-0.39, 0.29) is 0 Å². The molecule has 1 aliphatic rings. The number of β-amino-alcohol motifs (C(OH)–C–C–N with tert-alkyl or cyclic N) is 1. The lowest BCUT2D eigenvalue weighted by atomic mass is 9.89. The molecule has 1 aliphatic heterocycles. The number of likely N-dealkylation sites (tertiary alicyclic amines) is 1. The van der Waals surface area contributed by atoms with E-state index >= 15 is 0 Å². The zero-order chi connectivity index (χ0) is 10.9. The number of aliphatic hydroxyl groups is 1. The summed E-state index contributed by atoms with van der Waals surface area (Å²) in [6.45, 7) is 4.40. The van der Waals surface area contributed by atoms with Crippen LogP contribution in [0.1, 0.15) is 25.6 Å². The summed E-state index contributed by atoms with van der Waals surface area (Å²) in [6, 6.07) is 0. The monoisotopic (exact) mass is 210 g/mol. The van der Waals surface area contributed by atoms with Gasteiger partial charge in [-0.25, -0.2) is 4.98 Å². The minimum Gasteiger partial charge on any atom is -0.387 e. The van der Waals surface area contributed by atoms with Gasteiger partial charge in [-0.05, 0) is 6.42 Å². The lowest BCUT2D eigenvalue weighted by molar-refractivity contribution is -0.107. The predicted octanol–water partition coefficient (Wildman–Crippen LogP) is 0.162. The van der Waals surface area contributed by atoms with Crippen LogP contribution in [-0.4, -0.2) is 43.5 Å². The first-order chi connectivity index (χ1) is 7.13. The van der Waals surface area contributed by atoms with E-state index in [1.807, 2.05) is 7.05 Å². The van der Waals surface area contributed by atoms with E-state index in [1.165, 1.54) is 0 Å². The molecule has 0 spiro atoms. The zero-order valence-corrected chi connectivity index (χ0v) is 9.35. The van der Waals surface area contributed by atoms with Crippen LogP contribution in [-0.2, 0) is 13.6 Å². The maximum atomic E-state index is 9.99. The summed E-state index contributed by atoms with van der Waals surface area (Å²) < 4.78 is 1.77. The van der Waals surface area contributed by atoms with Gasteiger partial charge in [0.1, 0.15) is 12.2 Å². The molecule has 0 aromatic carbocycles. The number of aromatic nitrogens is 3. The zero-order valence-electron chi connectivity index (χ0n) is 9.35. The molecule has 0 unspecified atom stereocenters. The summed E-state index contributed by atoms with van der Waals surface area (Å²) in [5.41, 5.74) is -0.451. The summed E-state index contributed by atoms with van der Waals surface area (Å²) in [6.07, 6.45) is 3.49. The molecule has 1 fully saturated rings. The Balaban J connectivity index is 1.83. The summed E-state index contributed by atoms with van der Waals surface area (Å²) >= 11 is 0. The van der Waals surface area contributed by atoms with Crippen molar-refractivity contribution < 1.29 is 5.11 Å². The highest BCUT2D eigenvalue weighted by Crippen LogP contribution is 2.26. The lowest BCUT2D eigenvalue weighted by Crippen LogP contribution is -2.61. The third kappa shape index (κ3) is 2.18. The van der Waals surface area contributed by atoms with Crippen LogP contribution >= 0.6 is 0 Å². The number of rotatable bonds is 4. The van der Waals surface area contributed by atoms with Gasteiger partial charge in [0.2, 0.25) is 0 Å². The third-order valence-electron chi connectivity index (χ3n) is 2.92. The second kappa shape index (κ2) is 3.90. The molecule has 5 nitrogen and oxygen atoms in total. The van der Waals surface area contributed by atoms with Crippen molar-refractivity contribution in [2.24, 2.45) is 7.05 Å². The van der Waals surface area contributed by atoms with Crippen LogP contribution in [0.3, 0.4) is 0 Å². The highest BCUT2D eigenvalue weighted by Gasteiger charge is 2.40. The van der Waals surface area contributed by atoms with Crippen molar-refractivity contribution in [1.82, 2.24) is 19.7 Å². The molecule has 1 aromatic rings. The van der Waals surface area contributed by atoms with Crippen LogP contribution in [0.4, 0.5) is 0 Å². The van der Waals surface area contributed by atoms with Gasteiger partial charge in [0.25, 0.3) is 0 Å². The number of hydrogen-bond acceptors (Lipinski definition) is 4. The average molecular weight is 210 g/mol. The topological polar surface area (TPSA) is 54.2 Å². The quantitative estimate of drug-likeness (QED) is 0.769. The first-order valence-electron chi connectivity index (χ1n) is 5.40. The molecule has 0 saturated carbocycles. The van der Waals surface area contributed by atoms with Crippen LogP contribution in [0.5, 0.6) is 0 Å². The van der Waals surface area contributed by atoms with E-state index in [1.54, 1.807) is 11.0 Å². The van der Waals surface area contributed by atoms with Gasteiger partial charge in [0.05, 0.1) is 12.1 Å². The van der Waals surface area contributed by atoms with Crippen molar-refractivity contribution in [2.75, 3.05) is 13.1 Å². The fourth-order valence-corrected chi connectivity index (χ4v) is 2.18. The van der Waals surface area contributed by atoms with Crippen LogP contribution in [0.15, 0.2) is 6.33 Å². The Morgan fingerprint density at radius 1 is 1.53 bits per heavy atom. The molecule has 84 valence electrons. The molecule has 0 radical (unpaired) electrons. The summed E-state index contributed by atoms with van der Waals surface area (Å²) in [5.74, 6) is 0.952. The van der Waals surface area contributed by atoms with Crippen LogP contribution in [0, 0.1) is 0 Å². The summed E-state index contributed by atoms with van der Waals surface area (Å²) in [5, 5.41) is 14.0. The van der Waals surface area contributed by atoms with Gasteiger partial charge in [-0.1, -0.05) is 13.3 Å². The first-order valence-corrected chi connectivity index (χ1v) is 5.40. The van der Waals surface area contributed by atoms with Gasteiger partial charge in [-0.2, -0.15) is 5.10 Å². The Kier molecular flexibility index (Phi) is 2.75. The summed E-state index contributed by atoms with van der Waals surface area (Å²) in [7, 11) is 1.89. The second-order valence-electron chi connectivity index (χ2n) is 4.42. The fraction of sp³-hybridized carbons (Fsp3) is 0.800. The van der Waals surface area contributed by atoms with Crippen LogP contribution in [0.2, 0.25) is 0 Å². The van der Waals surface area contributed by atoms with Gasteiger partial charge in [0.15, 0.2) is 0 Å². The van der Waals surface area contributed by atoms with Crippen molar-refractivity contribution in [2.45, 2.75) is 31.9 Å². The van der Waals surface area contributed by atoms with Gasteiger partial charge in [0, 0.05) is 20.1 Å². The standard InChI is InChI=1S/C10H18N4O/c1-3-4-10(15)6-14(7-10)5-9-11-8-12-13(9)2/h8,15H,3-7H2,1-2H3. The number of hydrogen-bond donors (Lipinski definition) is 1.